The summed E-state index contributed by atoms with van der Waals surface area (Å²) in [5.74, 6) is 0.333. The van der Waals surface area contributed by atoms with Crippen LogP contribution in [0.1, 0.15) is 36.5 Å². The van der Waals surface area contributed by atoms with E-state index in [1.807, 2.05) is 12.3 Å². The molecule has 1 unspecified atom stereocenters. The van der Waals surface area contributed by atoms with Gasteiger partial charge in [-0.3, -0.25) is 15.1 Å². The first kappa shape index (κ1) is 22.4. The highest BCUT2D eigenvalue weighted by atomic mass is 32.1. The van der Waals surface area contributed by atoms with Gasteiger partial charge in [-0.15, -0.1) is 0 Å². The fourth-order valence-electron chi connectivity index (χ4n) is 3.97. The van der Waals surface area contributed by atoms with E-state index in [1.165, 1.54) is 11.6 Å². The van der Waals surface area contributed by atoms with E-state index in [9.17, 15) is 10.1 Å². The molecule has 4 rings (SSSR count). The van der Waals surface area contributed by atoms with E-state index in [1.54, 1.807) is 35.7 Å². The molecule has 3 aromatic rings. The van der Waals surface area contributed by atoms with Crippen LogP contribution in [0.2, 0.25) is 0 Å². The number of piperidine rings is 1. The monoisotopic (exact) mass is 453 g/mol. The van der Waals surface area contributed by atoms with E-state index < -0.39 is 4.92 Å². The highest BCUT2D eigenvalue weighted by Gasteiger charge is 2.25. The summed E-state index contributed by atoms with van der Waals surface area (Å²) < 4.78 is 12.2. The SMILES string of the molecule is O=[N+]([O-])c1ccccc1OCCCN1CCC(OC(c2cccnc2)c2ccsc2)CC1. The van der Waals surface area contributed by atoms with Crippen molar-refractivity contribution in [3.05, 3.63) is 86.9 Å². The number of nitro benzene ring substituents is 1. The van der Waals surface area contributed by atoms with Gasteiger partial charge in [0, 0.05) is 43.7 Å². The number of hydrogen-bond acceptors (Lipinski definition) is 7. The summed E-state index contributed by atoms with van der Waals surface area (Å²) >= 11 is 1.68. The van der Waals surface area contributed by atoms with Gasteiger partial charge in [-0.05, 0) is 53.8 Å². The number of aromatic nitrogens is 1. The molecule has 1 aliphatic rings. The van der Waals surface area contributed by atoms with Gasteiger partial charge in [-0.2, -0.15) is 11.3 Å². The summed E-state index contributed by atoms with van der Waals surface area (Å²) in [5, 5.41) is 15.3. The van der Waals surface area contributed by atoms with Crippen molar-refractivity contribution in [1.82, 2.24) is 9.88 Å². The minimum Gasteiger partial charge on any atom is -0.487 e. The minimum atomic E-state index is -0.408. The number of benzene rings is 1. The van der Waals surface area contributed by atoms with Gasteiger partial charge in [0.25, 0.3) is 0 Å². The lowest BCUT2D eigenvalue weighted by Gasteiger charge is -2.34. The molecule has 1 fully saturated rings. The second-order valence-electron chi connectivity index (χ2n) is 7.83. The normalized spacial score (nSPS) is 16.0. The van der Waals surface area contributed by atoms with Crippen molar-refractivity contribution in [2.24, 2.45) is 0 Å². The Hall–Kier alpha value is -2.81. The highest BCUT2D eigenvalue weighted by molar-refractivity contribution is 7.08. The maximum Gasteiger partial charge on any atom is 0.310 e. The molecule has 168 valence electrons. The van der Waals surface area contributed by atoms with Crippen LogP contribution in [0.15, 0.2) is 65.6 Å². The van der Waals surface area contributed by atoms with Crippen LogP contribution < -0.4 is 4.74 Å². The molecule has 0 radical (unpaired) electrons. The topological polar surface area (TPSA) is 77.7 Å². The predicted octanol–water partition coefficient (Wildman–Crippen LogP) is 5.09. The van der Waals surface area contributed by atoms with Crippen molar-refractivity contribution in [2.45, 2.75) is 31.5 Å². The Labute approximate surface area is 191 Å². The van der Waals surface area contributed by atoms with Gasteiger partial charge in [0.15, 0.2) is 5.75 Å². The average molecular weight is 454 g/mol. The van der Waals surface area contributed by atoms with Gasteiger partial charge in [0.2, 0.25) is 0 Å². The largest absolute Gasteiger partial charge is 0.487 e. The summed E-state index contributed by atoms with van der Waals surface area (Å²) in [6, 6.07) is 12.7. The molecule has 3 heterocycles. The van der Waals surface area contributed by atoms with Crippen molar-refractivity contribution in [2.75, 3.05) is 26.2 Å². The fraction of sp³-hybridized carbons (Fsp3) is 0.375. The lowest BCUT2D eigenvalue weighted by molar-refractivity contribution is -0.385. The highest BCUT2D eigenvalue weighted by Crippen LogP contribution is 2.31. The molecular weight excluding hydrogens is 426 g/mol. The zero-order chi connectivity index (χ0) is 22.2. The first-order valence-corrected chi connectivity index (χ1v) is 11.8. The fourth-order valence-corrected chi connectivity index (χ4v) is 4.64. The Bertz CT molecular complexity index is 976. The molecule has 32 heavy (non-hydrogen) atoms. The van der Waals surface area contributed by atoms with Crippen molar-refractivity contribution in [1.29, 1.82) is 0 Å². The summed E-state index contributed by atoms with van der Waals surface area (Å²) in [4.78, 5) is 17.3. The predicted molar refractivity (Wildman–Crippen MR) is 124 cm³/mol. The molecule has 2 aromatic heterocycles. The smallest absolute Gasteiger partial charge is 0.310 e. The van der Waals surface area contributed by atoms with E-state index in [0.29, 0.717) is 12.4 Å². The molecular formula is C24H27N3O4S. The average Bonchev–Trinajstić information content (AvgIpc) is 3.36. The first-order valence-electron chi connectivity index (χ1n) is 10.9. The Balaban J connectivity index is 1.22. The third-order valence-electron chi connectivity index (χ3n) is 5.63. The zero-order valence-electron chi connectivity index (χ0n) is 17.8. The van der Waals surface area contributed by atoms with E-state index in [2.05, 4.69) is 32.8 Å². The molecule has 0 saturated carbocycles. The number of pyridine rings is 1. The maximum absolute atomic E-state index is 11.1. The van der Waals surface area contributed by atoms with Crippen LogP contribution in [0.5, 0.6) is 5.75 Å². The van der Waals surface area contributed by atoms with Crippen LogP contribution in [0.25, 0.3) is 0 Å². The van der Waals surface area contributed by atoms with E-state index in [0.717, 1.165) is 44.5 Å². The van der Waals surface area contributed by atoms with Gasteiger partial charge in [0.05, 0.1) is 17.6 Å². The summed E-state index contributed by atoms with van der Waals surface area (Å²) in [7, 11) is 0. The standard InChI is InChI=1S/C24H27N3O4S/c28-27(29)22-6-1-2-7-23(22)30-15-4-12-26-13-8-21(9-14-26)31-24(20-10-16-32-18-20)19-5-3-11-25-17-19/h1-3,5-7,10-11,16-18,21,24H,4,8-9,12-15H2. The van der Waals surface area contributed by atoms with Gasteiger partial charge < -0.3 is 14.4 Å². The third-order valence-corrected chi connectivity index (χ3v) is 6.34. The Kier molecular flexibility index (Phi) is 7.82. The molecule has 1 aromatic carbocycles. The number of likely N-dealkylation sites (tertiary alicyclic amines) is 1. The molecule has 0 aliphatic carbocycles. The maximum atomic E-state index is 11.1. The van der Waals surface area contributed by atoms with Crippen molar-refractivity contribution in [3.8, 4) is 5.75 Å². The number of para-hydroxylation sites is 2. The lowest BCUT2D eigenvalue weighted by Crippen LogP contribution is -2.38. The van der Waals surface area contributed by atoms with E-state index in [4.69, 9.17) is 9.47 Å². The first-order chi connectivity index (χ1) is 15.7. The van der Waals surface area contributed by atoms with Crippen molar-refractivity contribution < 1.29 is 14.4 Å². The van der Waals surface area contributed by atoms with Crippen LogP contribution in [0, 0.1) is 10.1 Å². The van der Waals surface area contributed by atoms with E-state index >= 15 is 0 Å². The Morgan fingerprint density at radius 2 is 2.00 bits per heavy atom. The molecule has 0 bridgehead atoms. The second kappa shape index (κ2) is 11.2. The molecule has 0 amide bonds. The molecule has 7 nitrogen and oxygen atoms in total. The zero-order valence-corrected chi connectivity index (χ0v) is 18.7. The molecule has 1 aliphatic heterocycles. The molecule has 0 N–H and O–H groups in total. The number of nitrogens with zero attached hydrogens (tertiary/aromatic N) is 3. The summed E-state index contributed by atoms with van der Waals surface area (Å²) in [6.45, 7) is 3.31. The summed E-state index contributed by atoms with van der Waals surface area (Å²) in [6.07, 6.45) is 6.57. The second-order valence-corrected chi connectivity index (χ2v) is 8.61. The van der Waals surface area contributed by atoms with Gasteiger partial charge >= 0.3 is 5.69 Å². The van der Waals surface area contributed by atoms with Crippen LogP contribution in [0.4, 0.5) is 5.69 Å². The Morgan fingerprint density at radius 1 is 1.16 bits per heavy atom. The van der Waals surface area contributed by atoms with Gasteiger partial charge in [0.1, 0.15) is 6.10 Å². The van der Waals surface area contributed by atoms with E-state index in [-0.39, 0.29) is 17.9 Å². The molecule has 8 heteroatoms. The number of nitro groups is 1. The van der Waals surface area contributed by atoms with Crippen LogP contribution in [0.3, 0.4) is 0 Å². The van der Waals surface area contributed by atoms with Gasteiger partial charge in [-0.25, -0.2) is 0 Å². The Morgan fingerprint density at radius 3 is 2.72 bits per heavy atom. The molecule has 1 saturated heterocycles. The minimum absolute atomic E-state index is 0.0132. The van der Waals surface area contributed by atoms with Crippen LogP contribution in [-0.4, -0.2) is 47.2 Å². The quantitative estimate of drug-likeness (QED) is 0.242. The van der Waals surface area contributed by atoms with Crippen LogP contribution >= 0.6 is 11.3 Å². The number of ether oxygens (including phenoxy) is 2. The van der Waals surface area contributed by atoms with Crippen LogP contribution in [-0.2, 0) is 4.74 Å². The summed E-state index contributed by atoms with van der Waals surface area (Å²) in [5.41, 5.74) is 2.28. The van der Waals surface area contributed by atoms with Crippen molar-refractivity contribution >= 4 is 17.0 Å². The number of rotatable bonds is 10. The number of hydrogen-bond donors (Lipinski definition) is 0. The van der Waals surface area contributed by atoms with Crippen molar-refractivity contribution in [3.63, 3.8) is 0 Å². The molecule has 0 spiro atoms. The van der Waals surface area contributed by atoms with Gasteiger partial charge in [-0.1, -0.05) is 18.2 Å². The lowest BCUT2D eigenvalue weighted by atomic mass is 10.0. The molecule has 1 atom stereocenters. The third kappa shape index (κ3) is 5.91. The number of thiophene rings is 1.